The summed E-state index contributed by atoms with van der Waals surface area (Å²) in [5.41, 5.74) is 5.80. The zero-order valence-electron chi connectivity index (χ0n) is 7.59. The van der Waals surface area contributed by atoms with Crippen molar-refractivity contribution in [3.63, 3.8) is 0 Å². The molecule has 0 aromatic heterocycles. The Morgan fingerprint density at radius 1 is 1.50 bits per heavy atom. The van der Waals surface area contributed by atoms with Gasteiger partial charge in [0.25, 0.3) is 0 Å². The molecular formula is C10H11BrClNO. The second-order valence-electron chi connectivity index (χ2n) is 3.70. The van der Waals surface area contributed by atoms with E-state index in [1.165, 1.54) is 0 Å². The molecule has 0 unspecified atom stereocenters. The molecule has 0 atom stereocenters. The summed E-state index contributed by atoms with van der Waals surface area (Å²) in [6, 6.07) is 5.62. The molecule has 4 heteroatoms. The standard InChI is InChI=1S/C10H11BrClNO/c11-7-2-1-3-8(9(7)12)14-6-10(13)4-5-10/h1-3H,4-6,13H2. The second kappa shape index (κ2) is 3.72. The third-order valence-corrected chi connectivity index (χ3v) is 3.60. The minimum atomic E-state index is -0.106. The van der Waals surface area contributed by atoms with Gasteiger partial charge in [-0.05, 0) is 40.9 Å². The Hall–Kier alpha value is -0.250. The molecule has 1 aliphatic rings. The topological polar surface area (TPSA) is 35.2 Å². The van der Waals surface area contributed by atoms with Crippen LogP contribution in [0.3, 0.4) is 0 Å². The van der Waals surface area contributed by atoms with Crippen LogP contribution in [-0.4, -0.2) is 12.1 Å². The molecule has 2 nitrogen and oxygen atoms in total. The smallest absolute Gasteiger partial charge is 0.139 e. The van der Waals surface area contributed by atoms with Crippen LogP contribution in [0.2, 0.25) is 5.02 Å². The minimum Gasteiger partial charge on any atom is -0.490 e. The van der Waals surface area contributed by atoms with E-state index in [0.717, 1.165) is 17.3 Å². The van der Waals surface area contributed by atoms with Gasteiger partial charge in [-0.3, -0.25) is 0 Å². The van der Waals surface area contributed by atoms with Crippen molar-refractivity contribution in [3.8, 4) is 5.75 Å². The van der Waals surface area contributed by atoms with Crippen molar-refractivity contribution in [2.45, 2.75) is 18.4 Å². The molecule has 1 aromatic carbocycles. The summed E-state index contributed by atoms with van der Waals surface area (Å²) in [4.78, 5) is 0. The second-order valence-corrected chi connectivity index (χ2v) is 4.94. The fourth-order valence-corrected chi connectivity index (χ4v) is 1.65. The van der Waals surface area contributed by atoms with Crippen LogP contribution < -0.4 is 10.5 Å². The quantitative estimate of drug-likeness (QED) is 0.921. The van der Waals surface area contributed by atoms with Gasteiger partial charge in [-0.1, -0.05) is 17.7 Å². The molecule has 76 valence electrons. The van der Waals surface area contributed by atoms with E-state index in [4.69, 9.17) is 22.1 Å². The number of ether oxygens (including phenoxy) is 1. The maximum absolute atomic E-state index is 6.03. The van der Waals surface area contributed by atoms with Crippen molar-refractivity contribution in [1.82, 2.24) is 0 Å². The van der Waals surface area contributed by atoms with Crippen molar-refractivity contribution < 1.29 is 4.74 Å². The number of halogens is 2. The predicted molar refractivity (Wildman–Crippen MR) is 60.8 cm³/mol. The molecule has 0 radical (unpaired) electrons. The van der Waals surface area contributed by atoms with Crippen LogP contribution >= 0.6 is 27.5 Å². The van der Waals surface area contributed by atoms with Gasteiger partial charge in [-0.15, -0.1) is 0 Å². The lowest BCUT2D eigenvalue weighted by atomic mass is 10.3. The molecule has 1 aliphatic carbocycles. The molecule has 2 rings (SSSR count). The van der Waals surface area contributed by atoms with Gasteiger partial charge >= 0.3 is 0 Å². The number of nitrogens with two attached hydrogens (primary N) is 1. The van der Waals surface area contributed by atoms with Gasteiger partial charge in [0.15, 0.2) is 0 Å². The van der Waals surface area contributed by atoms with E-state index < -0.39 is 0 Å². The molecule has 2 N–H and O–H groups in total. The summed E-state index contributed by atoms with van der Waals surface area (Å²) < 4.78 is 6.40. The molecule has 14 heavy (non-hydrogen) atoms. The molecule has 0 amide bonds. The van der Waals surface area contributed by atoms with E-state index in [1.54, 1.807) is 0 Å². The Morgan fingerprint density at radius 2 is 2.21 bits per heavy atom. The van der Waals surface area contributed by atoms with E-state index in [-0.39, 0.29) is 5.54 Å². The molecule has 0 heterocycles. The van der Waals surface area contributed by atoms with Crippen molar-refractivity contribution in [3.05, 3.63) is 27.7 Å². The molecule has 0 aliphatic heterocycles. The maximum Gasteiger partial charge on any atom is 0.139 e. The highest BCUT2D eigenvalue weighted by molar-refractivity contribution is 9.10. The first-order valence-electron chi connectivity index (χ1n) is 4.46. The average Bonchev–Trinajstić information content (AvgIpc) is 2.88. The Morgan fingerprint density at radius 3 is 2.86 bits per heavy atom. The van der Waals surface area contributed by atoms with Crippen molar-refractivity contribution >= 4 is 27.5 Å². The fraction of sp³-hybridized carbons (Fsp3) is 0.400. The minimum absolute atomic E-state index is 0.106. The van der Waals surface area contributed by atoms with Gasteiger partial charge in [0, 0.05) is 4.47 Å². The van der Waals surface area contributed by atoms with E-state index in [9.17, 15) is 0 Å². The summed E-state index contributed by atoms with van der Waals surface area (Å²) >= 11 is 9.37. The van der Waals surface area contributed by atoms with Crippen LogP contribution in [0.25, 0.3) is 0 Å². The number of hydrogen-bond donors (Lipinski definition) is 1. The van der Waals surface area contributed by atoms with Crippen LogP contribution in [0.1, 0.15) is 12.8 Å². The molecule has 0 bridgehead atoms. The zero-order valence-corrected chi connectivity index (χ0v) is 9.94. The Balaban J connectivity index is 2.05. The third kappa shape index (κ3) is 2.22. The first-order chi connectivity index (χ1) is 6.61. The zero-order chi connectivity index (χ0) is 10.2. The van der Waals surface area contributed by atoms with Crippen LogP contribution in [0.5, 0.6) is 5.75 Å². The summed E-state index contributed by atoms with van der Waals surface area (Å²) in [6.07, 6.45) is 2.08. The van der Waals surface area contributed by atoms with Crippen LogP contribution in [-0.2, 0) is 0 Å². The number of benzene rings is 1. The van der Waals surface area contributed by atoms with Crippen LogP contribution in [0.4, 0.5) is 0 Å². The summed E-state index contributed by atoms with van der Waals surface area (Å²) in [7, 11) is 0. The van der Waals surface area contributed by atoms with E-state index in [2.05, 4.69) is 15.9 Å². The lowest BCUT2D eigenvalue weighted by Crippen LogP contribution is -2.29. The largest absolute Gasteiger partial charge is 0.490 e. The lowest BCUT2D eigenvalue weighted by molar-refractivity contribution is 0.279. The molecule has 1 saturated carbocycles. The maximum atomic E-state index is 6.03. The normalized spacial score (nSPS) is 17.9. The summed E-state index contributed by atoms with van der Waals surface area (Å²) in [6.45, 7) is 0.545. The highest BCUT2D eigenvalue weighted by atomic mass is 79.9. The average molecular weight is 277 g/mol. The Labute approximate surface area is 96.5 Å². The van der Waals surface area contributed by atoms with Crippen molar-refractivity contribution in [1.29, 1.82) is 0 Å². The number of hydrogen-bond acceptors (Lipinski definition) is 2. The van der Waals surface area contributed by atoms with Gasteiger partial charge in [-0.25, -0.2) is 0 Å². The number of rotatable bonds is 3. The van der Waals surface area contributed by atoms with Gasteiger partial charge in [-0.2, -0.15) is 0 Å². The predicted octanol–water partition coefficient (Wildman–Crippen LogP) is 2.97. The molecular weight excluding hydrogens is 265 g/mol. The van der Waals surface area contributed by atoms with Gasteiger partial charge in [0.05, 0.1) is 10.6 Å². The molecule has 1 fully saturated rings. The molecule has 0 saturated heterocycles. The first-order valence-corrected chi connectivity index (χ1v) is 5.64. The van der Waals surface area contributed by atoms with E-state index >= 15 is 0 Å². The molecule has 0 spiro atoms. The van der Waals surface area contributed by atoms with Crippen LogP contribution in [0, 0.1) is 0 Å². The molecule has 1 aromatic rings. The first kappa shape index (κ1) is 10.3. The van der Waals surface area contributed by atoms with Crippen molar-refractivity contribution in [2.24, 2.45) is 5.73 Å². The van der Waals surface area contributed by atoms with E-state index in [1.807, 2.05) is 18.2 Å². The van der Waals surface area contributed by atoms with Crippen LogP contribution in [0.15, 0.2) is 22.7 Å². The van der Waals surface area contributed by atoms with Gasteiger partial charge < -0.3 is 10.5 Å². The summed E-state index contributed by atoms with van der Waals surface area (Å²) in [5.74, 6) is 0.692. The lowest BCUT2D eigenvalue weighted by Gasteiger charge is -2.12. The van der Waals surface area contributed by atoms with Gasteiger partial charge in [0.1, 0.15) is 12.4 Å². The highest BCUT2D eigenvalue weighted by Crippen LogP contribution is 2.36. The van der Waals surface area contributed by atoms with E-state index in [0.29, 0.717) is 17.4 Å². The SMILES string of the molecule is NC1(COc2cccc(Br)c2Cl)CC1. The Kier molecular flexibility index (Phi) is 2.73. The Bertz CT molecular complexity index is 352. The van der Waals surface area contributed by atoms with Crippen molar-refractivity contribution in [2.75, 3.05) is 6.61 Å². The third-order valence-electron chi connectivity index (χ3n) is 2.32. The monoisotopic (exact) mass is 275 g/mol. The summed E-state index contributed by atoms with van der Waals surface area (Å²) in [5, 5.41) is 0.608. The fourth-order valence-electron chi connectivity index (χ4n) is 1.12. The van der Waals surface area contributed by atoms with Gasteiger partial charge in [0.2, 0.25) is 0 Å². The highest BCUT2D eigenvalue weighted by Gasteiger charge is 2.39.